The average molecular weight is 424 g/mol. The fourth-order valence-corrected chi connectivity index (χ4v) is 3.94. The van der Waals surface area contributed by atoms with Gasteiger partial charge in [0.2, 0.25) is 0 Å². The third-order valence-corrected chi connectivity index (χ3v) is 5.38. The Morgan fingerprint density at radius 3 is 2.86 bits per heavy atom. The first-order chi connectivity index (χ1) is 14.1. The van der Waals surface area contributed by atoms with Crippen LogP contribution in [0.2, 0.25) is 5.02 Å². The molecule has 4 aromatic rings. The maximum absolute atomic E-state index is 13.3. The molecule has 144 valence electrons. The molecule has 0 saturated carbocycles. The zero-order valence-corrected chi connectivity index (χ0v) is 16.9. The predicted octanol–water partition coefficient (Wildman–Crippen LogP) is 6.18. The molecule has 0 bridgehead atoms. The van der Waals surface area contributed by atoms with E-state index in [2.05, 4.69) is 27.1 Å². The number of rotatable bonds is 5. The second-order valence-corrected chi connectivity index (χ2v) is 7.57. The zero-order valence-electron chi connectivity index (χ0n) is 15.4. The summed E-state index contributed by atoms with van der Waals surface area (Å²) in [7, 11) is 0. The Labute approximate surface area is 176 Å². The van der Waals surface area contributed by atoms with E-state index < -0.39 is 0 Å². The summed E-state index contributed by atoms with van der Waals surface area (Å²) in [5, 5.41) is 3.72. The standard InChI is InChI=1S/C22H15ClFN3OS/c1-2-4-17-11-19-21(29-17)22(26-13-25-19)27-16-7-8-20(18(23)10-16)28-12-14-5-3-6-15(24)9-14/h3,5-11,13H,12H2,1H3,(H,25,26,27). The largest absolute Gasteiger partial charge is 0.487 e. The summed E-state index contributed by atoms with van der Waals surface area (Å²) in [5.41, 5.74) is 2.34. The highest BCUT2D eigenvalue weighted by Crippen LogP contribution is 2.33. The summed E-state index contributed by atoms with van der Waals surface area (Å²) in [6, 6.07) is 13.6. The van der Waals surface area contributed by atoms with Crippen molar-refractivity contribution in [3.8, 4) is 17.6 Å². The molecule has 1 N–H and O–H groups in total. The lowest BCUT2D eigenvalue weighted by Crippen LogP contribution is -1.98. The van der Waals surface area contributed by atoms with Gasteiger partial charge in [0.15, 0.2) is 5.82 Å². The Bertz CT molecular complexity index is 1250. The average Bonchev–Trinajstić information content (AvgIpc) is 3.11. The minimum Gasteiger partial charge on any atom is -0.487 e. The molecule has 2 aromatic carbocycles. The Hall–Kier alpha value is -3.14. The monoisotopic (exact) mass is 423 g/mol. The molecule has 4 rings (SSSR count). The molecule has 0 radical (unpaired) electrons. The smallest absolute Gasteiger partial charge is 0.151 e. The van der Waals surface area contributed by atoms with Crippen LogP contribution in [0.5, 0.6) is 5.75 Å². The van der Waals surface area contributed by atoms with Crippen LogP contribution in [0, 0.1) is 17.7 Å². The first kappa shape index (κ1) is 19.2. The Morgan fingerprint density at radius 1 is 1.17 bits per heavy atom. The summed E-state index contributed by atoms with van der Waals surface area (Å²) in [6.45, 7) is 2.03. The number of benzene rings is 2. The molecule has 4 nitrogen and oxygen atoms in total. The first-order valence-corrected chi connectivity index (χ1v) is 9.93. The molecule has 0 aliphatic rings. The maximum Gasteiger partial charge on any atom is 0.151 e. The minimum absolute atomic E-state index is 0.229. The minimum atomic E-state index is -0.297. The van der Waals surface area contributed by atoms with E-state index in [1.807, 2.05) is 12.1 Å². The number of nitrogens with zero attached hydrogens (tertiary/aromatic N) is 2. The second kappa shape index (κ2) is 8.48. The summed E-state index contributed by atoms with van der Waals surface area (Å²) in [4.78, 5) is 9.57. The lowest BCUT2D eigenvalue weighted by molar-refractivity contribution is 0.306. The molecule has 2 heterocycles. The molecule has 7 heteroatoms. The molecule has 0 saturated heterocycles. The number of fused-ring (bicyclic) bond motifs is 1. The van der Waals surface area contributed by atoms with Crippen molar-refractivity contribution in [3.05, 3.63) is 76.1 Å². The van der Waals surface area contributed by atoms with Gasteiger partial charge in [0.1, 0.15) is 24.5 Å². The molecule has 0 aliphatic heterocycles. The van der Waals surface area contributed by atoms with Crippen LogP contribution >= 0.6 is 22.9 Å². The van der Waals surface area contributed by atoms with Crippen LogP contribution in [0.1, 0.15) is 17.4 Å². The normalized spacial score (nSPS) is 10.4. The number of ether oxygens (including phenoxy) is 1. The molecular formula is C22H15ClFN3OS. The number of anilines is 2. The van der Waals surface area contributed by atoms with Crippen molar-refractivity contribution < 1.29 is 9.13 Å². The molecule has 0 amide bonds. The number of aromatic nitrogens is 2. The van der Waals surface area contributed by atoms with Gasteiger partial charge in [-0.2, -0.15) is 0 Å². The van der Waals surface area contributed by atoms with Crippen molar-refractivity contribution in [1.29, 1.82) is 0 Å². The van der Waals surface area contributed by atoms with E-state index in [0.29, 0.717) is 16.6 Å². The van der Waals surface area contributed by atoms with E-state index >= 15 is 0 Å². The van der Waals surface area contributed by atoms with E-state index in [4.69, 9.17) is 16.3 Å². The number of hydrogen-bond acceptors (Lipinski definition) is 5. The molecule has 29 heavy (non-hydrogen) atoms. The number of halogens is 2. The van der Waals surface area contributed by atoms with Gasteiger partial charge in [0.05, 0.1) is 20.1 Å². The third kappa shape index (κ3) is 4.48. The van der Waals surface area contributed by atoms with E-state index in [1.165, 1.54) is 29.8 Å². The van der Waals surface area contributed by atoms with Gasteiger partial charge in [0, 0.05) is 5.69 Å². The Morgan fingerprint density at radius 2 is 2.07 bits per heavy atom. The van der Waals surface area contributed by atoms with Crippen LogP contribution in [0.25, 0.3) is 10.2 Å². The lowest BCUT2D eigenvalue weighted by atomic mass is 10.2. The van der Waals surface area contributed by atoms with Gasteiger partial charge < -0.3 is 10.1 Å². The van der Waals surface area contributed by atoms with Crippen molar-refractivity contribution in [2.75, 3.05) is 5.32 Å². The van der Waals surface area contributed by atoms with Crippen molar-refractivity contribution in [2.24, 2.45) is 0 Å². The molecule has 0 spiro atoms. The quantitative estimate of drug-likeness (QED) is 0.389. The number of nitrogens with one attached hydrogen (secondary N) is 1. The topological polar surface area (TPSA) is 47.0 Å². The molecule has 0 atom stereocenters. The molecule has 0 unspecified atom stereocenters. The van der Waals surface area contributed by atoms with Gasteiger partial charge in [-0.25, -0.2) is 14.4 Å². The molecular weight excluding hydrogens is 409 g/mol. The number of thiophene rings is 1. The highest BCUT2D eigenvalue weighted by Gasteiger charge is 2.10. The van der Waals surface area contributed by atoms with Crippen LogP contribution in [0.15, 0.2) is 54.9 Å². The Kier molecular flexibility index (Phi) is 5.61. The highest BCUT2D eigenvalue weighted by atomic mass is 35.5. The van der Waals surface area contributed by atoms with E-state index in [1.54, 1.807) is 31.2 Å². The molecule has 0 fully saturated rings. The lowest BCUT2D eigenvalue weighted by Gasteiger charge is -2.11. The van der Waals surface area contributed by atoms with Crippen LogP contribution in [0.3, 0.4) is 0 Å². The van der Waals surface area contributed by atoms with Crippen molar-refractivity contribution in [2.45, 2.75) is 13.5 Å². The third-order valence-electron chi connectivity index (χ3n) is 4.04. The summed E-state index contributed by atoms with van der Waals surface area (Å²) < 4.78 is 19.9. The van der Waals surface area contributed by atoms with Crippen molar-refractivity contribution in [1.82, 2.24) is 9.97 Å². The zero-order chi connectivity index (χ0) is 20.2. The van der Waals surface area contributed by atoms with Crippen molar-refractivity contribution >= 4 is 44.7 Å². The van der Waals surface area contributed by atoms with Gasteiger partial charge >= 0.3 is 0 Å². The van der Waals surface area contributed by atoms with Gasteiger partial charge in [-0.05, 0) is 48.9 Å². The molecule has 2 aromatic heterocycles. The van der Waals surface area contributed by atoms with Crippen LogP contribution in [-0.2, 0) is 6.61 Å². The van der Waals surface area contributed by atoms with Crippen LogP contribution < -0.4 is 10.1 Å². The van der Waals surface area contributed by atoms with Gasteiger partial charge in [-0.15, -0.1) is 17.3 Å². The SMILES string of the molecule is CC#Cc1cc2ncnc(Nc3ccc(OCc4cccc(F)c4)c(Cl)c3)c2s1. The highest BCUT2D eigenvalue weighted by molar-refractivity contribution is 7.20. The summed E-state index contributed by atoms with van der Waals surface area (Å²) in [5.74, 6) is 6.85. The maximum atomic E-state index is 13.3. The van der Waals surface area contributed by atoms with E-state index in [9.17, 15) is 4.39 Å². The predicted molar refractivity (Wildman–Crippen MR) is 115 cm³/mol. The second-order valence-electron chi connectivity index (χ2n) is 6.11. The van der Waals surface area contributed by atoms with Crippen LogP contribution in [-0.4, -0.2) is 9.97 Å². The van der Waals surface area contributed by atoms with Crippen LogP contribution in [0.4, 0.5) is 15.9 Å². The van der Waals surface area contributed by atoms with Gasteiger partial charge in [0.25, 0.3) is 0 Å². The first-order valence-electron chi connectivity index (χ1n) is 8.73. The summed E-state index contributed by atoms with van der Waals surface area (Å²) >= 11 is 7.90. The fourth-order valence-electron chi connectivity index (χ4n) is 2.75. The van der Waals surface area contributed by atoms with E-state index in [0.717, 1.165) is 26.3 Å². The van der Waals surface area contributed by atoms with E-state index in [-0.39, 0.29) is 12.4 Å². The summed E-state index contributed by atoms with van der Waals surface area (Å²) in [6.07, 6.45) is 1.51. The Balaban J connectivity index is 1.52. The fraction of sp³-hybridized carbons (Fsp3) is 0.0909. The molecule has 0 aliphatic carbocycles. The van der Waals surface area contributed by atoms with Gasteiger partial charge in [-0.3, -0.25) is 0 Å². The number of hydrogen-bond donors (Lipinski definition) is 1. The van der Waals surface area contributed by atoms with Gasteiger partial charge in [-0.1, -0.05) is 29.7 Å². The van der Waals surface area contributed by atoms with Crippen molar-refractivity contribution in [3.63, 3.8) is 0 Å².